The number of ether oxygens (including phenoxy) is 1. The molecule has 1 aromatic heterocycles. The molecule has 0 radical (unpaired) electrons. The van der Waals surface area contributed by atoms with Crippen molar-refractivity contribution in [2.75, 3.05) is 5.32 Å². The minimum Gasteiger partial charge on any atom is -0.489 e. The minimum atomic E-state index is -0.129. The van der Waals surface area contributed by atoms with Crippen molar-refractivity contribution < 1.29 is 9.53 Å². The van der Waals surface area contributed by atoms with Crippen molar-refractivity contribution in [3.8, 4) is 5.75 Å². The second-order valence-electron chi connectivity index (χ2n) is 5.40. The summed E-state index contributed by atoms with van der Waals surface area (Å²) >= 11 is 1.40. The molecule has 5 heteroatoms. The highest BCUT2D eigenvalue weighted by Crippen LogP contribution is 2.21. The summed E-state index contributed by atoms with van der Waals surface area (Å²) in [6, 6.07) is 17.4. The van der Waals surface area contributed by atoms with Crippen LogP contribution in [0.3, 0.4) is 0 Å². The number of amides is 1. The Balaban J connectivity index is 1.60. The number of anilines is 1. The number of nitrogens with one attached hydrogen (secondary N) is 1. The van der Waals surface area contributed by atoms with Crippen molar-refractivity contribution in [2.45, 2.75) is 20.5 Å². The third kappa shape index (κ3) is 4.00. The van der Waals surface area contributed by atoms with Gasteiger partial charge in [-0.25, -0.2) is 4.98 Å². The zero-order chi connectivity index (χ0) is 16.9. The zero-order valence-corrected chi connectivity index (χ0v) is 14.4. The number of rotatable bonds is 5. The van der Waals surface area contributed by atoms with Crippen LogP contribution in [-0.2, 0) is 6.61 Å². The molecule has 0 aliphatic heterocycles. The fourth-order valence-electron chi connectivity index (χ4n) is 2.31. The van der Waals surface area contributed by atoms with E-state index in [4.69, 9.17) is 4.74 Å². The first-order valence-corrected chi connectivity index (χ1v) is 8.45. The molecule has 0 saturated carbocycles. The molecule has 3 aromatic rings. The fourth-order valence-corrected chi connectivity index (χ4v) is 3.12. The van der Waals surface area contributed by atoms with Gasteiger partial charge in [0.05, 0.1) is 10.7 Å². The Kier molecular flexibility index (Phi) is 4.91. The van der Waals surface area contributed by atoms with Crippen molar-refractivity contribution in [3.05, 3.63) is 75.7 Å². The van der Waals surface area contributed by atoms with Crippen LogP contribution in [0.15, 0.2) is 54.6 Å². The van der Waals surface area contributed by atoms with Crippen LogP contribution in [0.5, 0.6) is 5.75 Å². The maximum atomic E-state index is 12.3. The molecule has 0 atom stereocenters. The summed E-state index contributed by atoms with van der Waals surface area (Å²) in [7, 11) is 0. The van der Waals surface area contributed by atoms with Crippen LogP contribution in [0.4, 0.5) is 5.69 Å². The molecule has 0 fully saturated rings. The average molecular weight is 338 g/mol. The molecule has 0 bridgehead atoms. The van der Waals surface area contributed by atoms with Gasteiger partial charge < -0.3 is 10.1 Å². The van der Waals surface area contributed by atoms with E-state index >= 15 is 0 Å². The molecule has 1 heterocycles. The predicted octanol–water partition coefficient (Wildman–Crippen LogP) is 4.59. The Labute approximate surface area is 145 Å². The van der Waals surface area contributed by atoms with Crippen LogP contribution < -0.4 is 10.1 Å². The van der Waals surface area contributed by atoms with Crippen molar-refractivity contribution in [2.24, 2.45) is 0 Å². The van der Waals surface area contributed by atoms with Gasteiger partial charge in [0, 0.05) is 5.69 Å². The average Bonchev–Trinajstić information content (AvgIpc) is 2.94. The number of benzene rings is 2. The first-order valence-electron chi connectivity index (χ1n) is 7.64. The second kappa shape index (κ2) is 7.27. The largest absolute Gasteiger partial charge is 0.489 e. The van der Waals surface area contributed by atoms with Gasteiger partial charge in [0.15, 0.2) is 0 Å². The van der Waals surface area contributed by atoms with E-state index < -0.39 is 0 Å². The van der Waals surface area contributed by atoms with Gasteiger partial charge in [-0.3, -0.25) is 4.79 Å². The Morgan fingerprint density at radius 3 is 2.42 bits per heavy atom. The monoisotopic (exact) mass is 338 g/mol. The highest BCUT2D eigenvalue weighted by molar-refractivity contribution is 7.13. The molecule has 3 rings (SSSR count). The lowest BCUT2D eigenvalue weighted by Crippen LogP contribution is -2.11. The highest BCUT2D eigenvalue weighted by Gasteiger charge is 2.13. The van der Waals surface area contributed by atoms with Crippen LogP contribution in [0.2, 0.25) is 0 Å². The normalized spacial score (nSPS) is 10.4. The minimum absolute atomic E-state index is 0.129. The third-order valence-electron chi connectivity index (χ3n) is 3.47. The summed E-state index contributed by atoms with van der Waals surface area (Å²) in [5.41, 5.74) is 2.61. The highest BCUT2D eigenvalue weighted by atomic mass is 32.1. The van der Waals surface area contributed by atoms with E-state index in [1.54, 1.807) is 0 Å². The van der Waals surface area contributed by atoms with Gasteiger partial charge in [0.25, 0.3) is 5.91 Å². The van der Waals surface area contributed by atoms with Crippen LogP contribution in [-0.4, -0.2) is 10.9 Å². The lowest BCUT2D eigenvalue weighted by molar-refractivity contribution is 0.103. The summed E-state index contributed by atoms with van der Waals surface area (Å²) in [6.45, 7) is 4.26. The van der Waals surface area contributed by atoms with E-state index in [1.807, 2.05) is 68.4 Å². The first kappa shape index (κ1) is 16.2. The smallest absolute Gasteiger partial charge is 0.267 e. The lowest BCUT2D eigenvalue weighted by Gasteiger charge is -2.08. The summed E-state index contributed by atoms with van der Waals surface area (Å²) < 4.78 is 5.74. The van der Waals surface area contributed by atoms with Crippen molar-refractivity contribution in [1.82, 2.24) is 4.98 Å². The number of thiazole rings is 1. The fraction of sp³-hybridized carbons (Fsp3) is 0.158. The summed E-state index contributed by atoms with van der Waals surface area (Å²) in [6.07, 6.45) is 0. The van der Waals surface area contributed by atoms with E-state index in [0.29, 0.717) is 11.5 Å². The van der Waals surface area contributed by atoms with E-state index in [-0.39, 0.29) is 5.91 Å². The van der Waals surface area contributed by atoms with Crippen LogP contribution in [0, 0.1) is 13.8 Å². The summed E-state index contributed by atoms with van der Waals surface area (Å²) in [4.78, 5) is 17.2. The van der Waals surface area contributed by atoms with Gasteiger partial charge in [-0.05, 0) is 43.7 Å². The Hall–Kier alpha value is -2.66. The van der Waals surface area contributed by atoms with Gasteiger partial charge in [-0.1, -0.05) is 30.3 Å². The van der Waals surface area contributed by atoms with Gasteiger partial charge in [0.2, 0.25) is 0 Å². The SMILES string of the molecule is Cc1nc(C)c(C(=O)Nc2ccc(OCc3ccccc3)cc2)s1. The molecule has 122 valence electrons. The van der Waals surface area contributed by atoms with Gasteiger partial charge >= 0.3 is 0 Å². The topological polar surface area (TPSA) is 51.2 Å². The zero-order valence-electron chi connectivity index (χ0n) is 13.6. The molecule has 4 nitrogen and oxygen atoms in total. The molecule has 0 aliphatic rings. The molecule has 1 N–H and O–H groups in total. The third-order valence-corrected chi connectivity index (χ3v) is 4.54. The Bertz CT molecular complexity index is 826. The molecule has 24 heavy (non-hydrogen) atoms. The van der Waals surface area contributed by atoms with Crippen molar-refractivity contribution >= 4 is 22.9 Å². The van der Waals surface area contributed by atoms with Crippen LogP contribution in [0.25, 0.3) is 0 Å². The van der Waals surface area contributed by atoms with Gasteiger partial charge in [0.1, 0.15) is 17.2 Å². The Morgan fingerprint density at radius 2 is 1.79 bits per heavy atom. The quantitative estimate of drug-likeness (QED) is 0.740. The molecular weight excluding hydrogens is 320 g/mol. The molecule has 0 spiro atoms. The summed E-state index contributed by atoms with van der Waals surface area (Å²) in [5, 5.41) is 3.78. The van der Waals surface area contributed by atoms with E-state index in [2.05, 4.69) is 10.3 Å². The predicted molar refractivity (Wildman–Crippen MR) is 96.8 cm³/mol. The first-order chi connectivity index (χ1) is 11.6. The van der Waals surface area contributed by atoms with Gasteiger partial charge in [-0.2, -0.15) is 0 Å². The lowest BCUT2D eigenvalue weighted by atomic mass is 10.2. The number of carbonyl (C=O) groups is 1. The number of nitrogens with zero attached hydrogens (tertiary/aromatic N) is 1. The number of hydrogen-bond acceptors (Lipinski definition) is 4. The maximum absolute atomic E-state index is 12.3. The van der Waals surface area contributed by atoms with E-state index in [9.17, 15) is 4.79 Å². The van der Waals surface area contributed by atoms with Gasteiger partial charge in [-0.15, -0.1) is 11.3 Å². The van der Waals surface area contributed by atoms with Crippen LogP contribution >= 0.6 is 11.3 Å². The molecule has 0 aliphatic carbocycles. The van der Waals surface area contributed by atoms with E-state index in [0.717, 1.165) is 27.7 Å². The molecule has 2 aromatic carbocycles. The van der Waals surface area contributed by atoms with E-state index in [1.165, 1.54) is 11.3 Å². The Morgan fingerprint density at radius 1 is 1.08 bits per heavy atom. The summed E-state index contributed by atoms with van der Waals surface area (Å²) in [5.74, 6) is 0.637. The molecular formula is C19H18N2O2S. The molecule has 1 amide bonds. The van der Waals surface area contributed by atoms with Crippen molar-refractivity contribution in [3.63, 3.8) is 0 Å². The number of carbonyl (C=O) groups excluding carboxylic acids is 1. The van der Waals surface area contributed by atoms with Crippen molar-refractivity contribution in [1.29, 1.82) is 0 Å². The number of aromatic nitrogens is 1. The maximum Gasteiger partial charge on any atom is 0.267 e. The number of hydrogen-bond donors (Lipinski definition) is 1. The second-order valence-corrected chi connectivity index (χ2v) is 6.60. The molecule has 0 unspecified atom stereocenters. The van der Waals surface area contributed by atoms with Crippen LogP contribution in [0.1, 0.15) is 25.9 Å². The number of aryl methyl sites for hydroxylation is 2. The molecule has 0 saturated heterocycles. The standard InChI is InChI=1S/C19H18N2O2S/c1-13-18(24-14(2)20-13)19(22)21-16-8-10-17(11-9-16)23-12-15-6-4-3-5-7-15/h3-11H,12H2,1-2H3,(H,21,22).